The highest BCUT2D eigenvalue weighted by Gasteiger charge is 2.43. The summed E-state index contributed by atoms with van der Waals surface area (Å²) in [5.74, 6) is -1.24. The van der Waals surface area contributed by atoms with E-state index in [2.05, 4.69) is 0 Å². The third-order valence-electron chi connectivity index (χ3n) is 3.20. The maximum atomic E-state index is 12.5. The third-order valence-corrected chi connectivity index (χ3v) is 5.23. The normalized spacial score (nSPS) is 24.5. The Morgan fingerprint density at radius 1 is 1.37 bits per heavy atom. The zero-order chi connectivity index (χ0) is 14.2. The number of rotatable bonds is 3. The highest BCUT2D eigenvalue weighted by Crippen LogP contribution is 2.28. The van der Waals surface area contributed by atoms with Gasteiger partial charge in [-0.15, -0.1) is 0 Å². The van der Waals surface area contributed by atoms with Gasteiger partial charge in [0.2, 0.25) is 10.0 Å². The lowest BCUT2D eigenvalue weighted by Crippen LogP contribution is -2.40. The molecular formula is C12H15NO5S. The van der Waals surface area contributed by atoms with Crippen LogP contribution >= 0.6 is 0 Å². The Morgan fingerprint density at radius 3 is 2.58 bits per heavy atom. The van der Waals surface area contributed by atoms with E-state index >= 15 is 0 Å². The van der Waals surface area contributed by atoms with E-state index < -0.39 is 28.1 Å². The maximum Gasteiger partial charge on any atom is 0.322 e. The first kappa shape index (κ1) is 14.0. The lowest BCUT2D eigenvalue weighted by atomic mass is 10.2. The van der Waals surface area contributed by atoms with Crippen LogP contribution in [0, 0.1) is 6.92 Å². The van der Waals surface area contributed by atoms with Crippen LogP contribution in [0.3, 0.4) is 0 Å². The van der Waals surface area contributed by atoms with Crippen LogP contribution in [-0.2, 0) is 14.8 Å². The molecule has 1 aliphatic heterocycles. The maximum absolute atomic E-state index is 12.5. The van der Waals surface area contributed by atoms with Crippen molar-refractivity contribution in [3.63, 3.8) is 0 Å². The van der Waals surface area contributed by atoms with Gasteiger partial charge in [-0.2, -0.15) is 4.31 Å². The molecule has 2 rings (SSSR count). The Balaban J connectivity index is 2.45. The molecule has 0 aliphatic carbocycles. The van der Waals surface area contributed by atoms with Crippen LogP contribution in [0.5, 0.6) is 0 Å². The van der Waals surface area contributed by atoms with E-state index in [4.69, 9.17) is 5.11 Å². The predicted octanol–water partition coefficient (Wildman–Crippen LogP) is 0.204. The molecule has 19 heavy (non-hydrogen) atoms. The predicted molar refractivity (Wildman–Crippen MR) is 67.1 cm³/mol. The Morgan fingerprint density at radius 2 is 2.00 bits per heavy atom. The number of hydrogen-bond donors (Lipinski definition) is 2. The van der Waals surface area contributed by atoms with Gasteiger partial charge in [0, 0.05) is 13.0 Å². The second-order valence-corrected chi connectivity index (χ2v) is 6.44. The van der Waals surface area contributed by atoms with Gasteiger partial charge in [-0.25, -0.2) is 8.42 Å². The number of benzene rings is 1. The molecule has 2 atom stereocenters. The number of aliphatic hydroxyl groups is 1. The second kappa shape index (κ2) is 4.92. The molecule has 1 fully saturated rings. The van der Waals surface area contributed by atoms with Crippen molar-refractivity contribution in [2.45, 2.75) is 30.4 Å². The summed E-state index contributed by atoms with van der Waals surface area (Å²) in [6, 6.07) is 5.17. The number of aliphatic hydroxyl groups excluding tert-OH is 1. The minimum absolute atomic E-state index is 0.0790. The van der Waals surface area contributed by atoms with Crippen molar-refractivity contribution in [1.82, 2.24) is 4.31 Å². The van der Waals surface area contributed by atoms with Gasteiger partial charge in [0.05, 0.1) is 11.0 Å². The van der Waals surface area contributed by atoms with Crippen molar-refractivity contribution in [2.75, 3.05) is 6.54 Å². The van der Waals surface area contributed by atoms with Gasteiger partial charge in [-0.3, -0.25) is 4.79 Å². The molecule has 0 amide bonds. The molecule has 1 heterocycles. The highest BCUT2D eigenvalue weighted by atomic mass is 32.2. The summed E-state index contributed by atoms with van der Waals surface area (Å²) in [6.45, 7) is 1.46. The number of carbonyl (C=O) groups is 1. The number of β-amino-alcohol motifs (C(OH)–C–C–N with tert-alkyl or cyclic N) is 1. The first-order valence-electron chi connectivity index (χ1n) is 5.82. The summed E-state index contributed by atoms with van der Waals surface area (Å²) in [4.78, 5) is 11.2. The molecule has 0 radical (unpaired) electrons. The van der Waals surface area contributed by atoms with Gasteiger partial charge in [0.15, 0.2) is 0 Å². The quantitative estimate of drug-likeness (QED) is 0.827. The smallest absolute Gasteiger partial charge is 0.322 e. The van der Waals surface area contributed by atoms with Crippen molar-refractivity contribution < 1.29 is 23.4 Å². The van der Waals surface area contributed by atoms with E-state index in [1.54, 1.807) is 25.1 Å². The van der Waals surface area contributed by atoms with Crippen LogP contribution in [0.2, 0.25) is 0 Å². The van der Waals surface area contributed by atoms with Crippen molar-refractivity contribution in [1.29, 1.82) is 0 Å². The fraction of sp³-hybridized carbons (Fsp3) is 0.417. The van der Waals surface area contributed by atoms with Crippen LogP contribution in [-0.4, -0.2) is 47.6 Å². The highest BCUT2D eigenvalue weighted by molar-refractivity contribution is 7.89. The molecule has 7 heteroatoms. The van der Waals surface area contributed by atoms with Crippen LogP contribution in [0.1, 0.15) is 12.0 Å². The van der Waals surface area contributed by atoms with Gasteiger partial charge < -0.3 is 10.2 Å². The summed E-state index contributed by atoms with van der Waals surface area (Å²) < 4.78 is 25.8. The third kappa shape index (κ3) is 2.49. The summed E-state index contributed by atoms with van der Waals surface area (Å²) in [5.41, 5.74) is 0.549. The summed E-state index contributed by atoms with van der Waals surface area (Å²) in [7, 11) is -3.90. The minimum atomic E-state index is -3.90. The van der Waals surface area contributed by atoms with E-state index in [0.717, 1.165) is 4.31 Å². The molecule has 0 aromatic heterocycles. The molecule has 104 valence electrons. The van der Waals surface area contributed by atoms with E-state index in [-0.39, 0.29) is 17.9 Å². The van der Waals surface area contributed by atoms with Crippen molar-refractivity contribution in [3.8, 4) is 0 Å². The number of aliphatic carboxylic acids is 1. The van der Waals surface area contributed by atoms with E-state index in [1.165, 1.54) is 6.07 Å². The zero-order valence-electron chi connectivity index (χ0n) is 10.4. The second-order valence-electron chi connectivity index (χ2n) is 4.58. The van der Waals surface area contributed by atoms with Crippen molar-refractivity contribution in [2.24, 2.45) is 0 Å². The minimum Gasteiger partial charge on any atom is -0.480 e. The van der Waals surface area contributed by atoms with Gasteiger partial charge in [0.1, 0.15) is 6.04 Å². The first-order valence-corrected chi connectivity index (χ1v) is 7.26. The molecule has 1 saturated heterocycles. The molecule has 1 aliphatic rings. The monoisotopic (exact) mass is 285 g/mol. The molecule has 1 aromatic rings. The van der Waals surface area contributed by atoms with E-state index in [0.29, 0.717) is 5.56 Å². The molecular weight excluding hydrogens is 270 g/mol. The van der Waals surface area contributed by atoms with E-state index in [1.807, 2.05) is 0 Å². The van der Waals surface area contributed by atoms with Gasteiger partial charge in [-0.1, -0.05) is 18.2 Å². The molecule has 1 aromatic carbocycles. The number of sulfonamides is 1. The average Bonchev–Trinajstić information content (AvgIpc) is 2.72. The zero-order valence-corrected chi connectivity index (χ0v) is 11.2. The van der Waals surface area contributed by atoms with Crippen LogP contribution in [0.25, 0.3) is 0 Å². The average molecular weight is 285 g/mol. The van der Waals surface area contributed by atoms with Crippen molar-refractivity contribution in [3.05, 3.63) is 29.8 Å². The Labute approximate surface area is 111 Å². The Hall–Kier alpha value is -1.44. The number of carboxylic acids is 1. The molecule has 6 nitrogen and oxygen atoms in total. The summed E-state index contributed by atoms with van der Waals surface area (Å²) >= 11 is 0. The number of carboxylic acid groups (broad SMARTS) is 1. The lowest BCUT2D eigenvalue weighted by Gasteiger charge is -2.21. The standard InChI is InChI=1S/C12H15NO5S/c1-8-4-2-3-5-11(8)19(17,18)13-7-9(14)6-10(13)12(15)16/h2-5,9-10,14H,6-7H2,1H3,(H,15,16)/t9-,10+/m1/s1. The fourth-order valence-corrected chi connectivity index (χ4v) is 4.10. The topological polar surface area (TPSA) is 94.9 Å². The fourth-order valence-electron chi connectivity index (χ4n) is 2.25. The van der Waals surface area contributed by atoms with Gasteiger partial charge >= 0.3 is 5.97 Å². The molecule has 0 saturated carbocycles. The summed E-state index contributed by atoms with van der Waals surface area (Å²) in [5, 5.41) is 18.6. The SMILES string of the molecule is Cc1ccccc1S(=O)(=O)N1C[C@H](O)C[C@H]1C(=O)O. The van der Waals surface area contributed by atoms with Crippen molar-refractivity contribution >= 4 is 16.0 Å². The molecule has 0 bridgehead atoms. The lowest BCUT2D eigenvalue weighted by molar-refractivity contribution is -0.140. The Bertz CT molecular complexity index is 598. The number of hydrogen-bond acceptors (Lipinski definition) is 4. The van der Waals surface area contributed by atoms with Crippen LogP contribution < -0.4 is 0 Å². The number of nitrogens with zero attached hydrogens (tertiary/aromatic N) is 1. The van der Waals surface area contributed by atoms with E-state index in [9.17, 15) is 18.3 Å². The molecule has 0 spiro atoms. The number of aryl methyl sites for hydroxylation is 1. The first-order chi connectivity index (χ1) is 8.84. The summed E-state index contributed by atoms with van der Waals surface area (Å²) in [6.07, 6.45) is -1.03. The molecule has 2 N–H and O–H groups in total. The van der Waals surface area contributed by atoms with Crippen LogP contribution in [0.4, 0.5) is 0 Å². The van der Waals surface area contributed by atoms with Gasteiger partial charge in [-0.05, 0) is 18.6 Å². The largest absolute Gasteiger partial charge is 0.480 e. The van der Waals surface area contributed by atoms with Crippen LogP contribution in [0.15, 0.2) is 29.2 Å². The van der Waals surface area contributed by atoms with Gasteiger partial charge in [0.25, 0.3) is 0 Å². The Kier molecular flexibility index (Phi) is 3.62. The molecule has 0 unspecified atom stereocenters.